The molecule has 0 bridgehead atoms. The minimum atomic E-state index is -0.499. The van der Waals surface area contributed by atoms with Gasteiger partial charge >= 0.3 is 11.9 Å². The van der Waals surface area contributed by atoms with Crippen LogP contribution < -0.4 is 0 Å². The first-order valence-corrected chi connectivity index (χ1v) is 4.23. The van der Waals surface area contributed by atoms with E-state index in [1.165, 1.54) is 14.2 Å². The third kappa shape index (κ3) is 1.16. The SMILES string of the molecule is COC(=O)C1=C[C@@H]2[C@H](O1)[C@H]2C(=O)OC. The maximum absolute atomic E-state index is 11.1. The number of carbonyl (C=O) groups is 2. The van der Waals surface area contributed by atoms with Crippen LogP contribution in [0, 0.1) is 11.8 Å². The second-order valence-corrected chi connectivity index (χ2v) is 3.23. The molecule has 1 aliphatic heterocycles. The van der Waals surface area contributed by atoms with Crippen LogP contribution in [-0.2, 0) is 23.8 Å². The highest BCUT2D eigenvalue weighted by Crippen LogP contribution is 2.50. The summed E-state index contributed by atoms with van der Waals surface area (Å²) in [5.41, 5.74) is 0. The Kier molecular flexibility index (Phi) is 1.94. The van der Waals surface area contributed by atoms with Crippen molar-refractivity contribution < 1.29 is 23.8 Å². The number of hydrogen-bond acceptors (Lipinski definition) is 5. The number of carbonyl (C=O) groups excluding carboxylic acids is 2. The van der Waals surface area contributed by atoms with Gasteiger partial charge in [0.2, 0.25) is 5.76 Å². The van der Waals surface area contributed by atoms with Gasteiger partial charge in [-0.1, -0.05) is 0 Å². The summed E-state index contributed by atoms with van der Waals surface area (Å²) in [4.78, 5) is 22.1. The van der Waals surface area contributed by atoms with Gasteiger partial charge in [-0.2, -0.15) is 0 Å². The van der Waals surface area contributed by atoms with Crippen molar-refractivity contribution in [3.63, 3.8) is 0 Å². The molecule has 0 radical (unpaired) electrons. The Bertz CT molecular complexity index is 319. The van der Waals surface area contributed by atoms with E-state index in [4.69, 9.17) is 4.74 Å². The Balaban J connectivity index is 1.99. The highest BCUT2D eigenvalue weighted by atomic mass is 16.6. The Hall–Kier alpha value is -1.52. The third-order valence-electron chi connectivity index (χ3n) is 2.47. The van der Waals surface area contributed by atoms with Crippen LogP contribution in [0.25, 0.3) is 0 Å². The van der Waals surface area contributed by atoms with Gasteiger partial charge in [-0.15, -0.1) is 0 Å². The fraction of sp³-hybridized carbons (Fsp3) is 0.556. The number of rotatable bonds is 2. The lowest BCUT2D eigenvalue weighted by Crippen LogP contribution is -2.13. The monoisotopic (exact) mass is 198 g/mol. The van der Waals surface area contributed by atoms with Gasteiger partial charge in [0.25, 0.3) is 0 Å². The standard InChI is InChI=1S/C9H10O5/c1-12-8(10)5-3-4-6(7(4)14-5)9(11)13-2/h3-4,6-7H,1-2H3/t4-,6-,7-/m0/s1. The molecule has 1 heterocycles. The molecule has 1 saturated carbocycles. The van der Waals surface area contributed by atoms with Crippen LogP contribution in [0.5, 0.6) is 0 Å². The molecule has 76 valence electrons. The Morgan fingerprint density at radius 3 is 2.50 bits per heavy atom. The van der Waals surface area contributed by atoms with E-state index in [9.17, 15) is 9.59 Å². The van der Waals surface area contributed by atoms with Crippen molar-refractivity contribution in [3.8, 4) is 0 Å². The van der Waals surface area contributed by atoms with E-state index in [0.29, 0.717) is 0 Å². The molecule has 5 nitrogen and oxygen atoms in total. The van der Waals surface area contributed by atoms with Gasteiger partial charge < -0.3 is 14.2 Å². The number of hydrogen-bond donors (Lipinski definition) is 0. The zero-order chi connectivity index (χ0) is 10.3. The molecule has 3 atom stereocenters. The Labute approximate surface area is 80.6 Å². The van der Waals surface area contributed by atoms with Gasteiger partial charge in [0.05, 0.1) is 14.2 Å². The first kappa shape index (κ1) is 9.05. The normalized spacial score (nSPS) is 32.4. The van der Waals surface area contributed by atoms with E-state index in [-0.39, 0.29) is 29.7 Å². The molecule has 14 heavy (non-hydrogen) atoms. The predicted molar refractivity (Wildman–Crippen MR) is 44.0 cm³/mol. The van der Waals surface area contributed by atoms with Gasteiger partial charge in [-0.3, -0.25) is 4.79 Å². The summed E-state index contributed by atoms with van der Waals surface area (Å²) in [5.74, 6) is -0.853. The average molecular weight is 198 g/mol. The van der Waals surface area contributed by atoms with E-state index in [0.717, 1.165) is 0 Å². The summed E-state index contributed by atoms with van der Waals surface area (Å²) in [7, 11) is 2.62. The van der Waals surface area contributed by atoms with Gasteiger partial charge in [0.15, 0.2) is 0 Å². The number of ether oxygens (including phenoxy) is 3. The molecule has 2 rings (SSSR count). The quantitative estimate of drug-likeness (QED) is 0.578. The molecular weight excluding hydrogens is 188 g/mol. The van der Waals surface area contributed by atoms with E-state index in [2.05, 4.69) is 9.47 Å². The van der Waals surface area contributed by atoms with E-state index >= 15 is 0 Å². The summed E-state index contributed by atoms with van der Waals surface area (Å²) in [5, 5.41) is 0. The van der Waals surface area contributed by atoms with Crippen LogP contribution in [0.3, 0.4) is 0 Å². The minimum Gasteiger partial charge on any atom is -0.482 e. The molecule has 5 heteroatoms. The molecule has 0 N–H and O–H groups in total. The maximum atomic E-state index is 11.1. The highest BCUT2D eigenvalue weighted by molar-refractivity contribution is 5.88. The molecule has 0 spiro atoms. The van der Waals surface area contributed by atoms with Gasteiger partial charge in [-0.25, -0.2) is 4.79 Å². The Morgan fingerprint density at radius 2 is 2.07 bits per heavy atom. The smallest absolute Gasteiger partial charge is 0.372 e. The fourth-order valence-corrected chi connectivity index (χ4v) is 1.66. The second kappa shape index (κ2) is 3.01. The van der Waals surface area contributed by atoms with Gasteiger partial charge in [-0.05, 0) is 6.08 Å². The van der Waals surface area contributed by atoms with Crippen LogP contribution in [0.2, 0.25) is 0 Å². The van der Waals surface area contributed by atoms with Crippen molar-refractivity contribution >= 4 is 11.9 Å². The molecule has 0 aromatic rings. The molecule has 0 aromatic heterocycles. The molecular formula is C9H10O5. The first-order chi connectivity index (χ1) is 6.69. The van der Waals surface area contributed by atoms with Crippen LogP contribution in [0.4, 0.5) is 0 Å². The largest absolute Gasteiger partial charge is 0.482 e. The molecule has 0 unspecified atom stereocenters. The average Bonchev–Trinajstić information content (AvgIpc) is 2.70. The highest BCUT2D eigenvalue weighted by Gasteiger charge is 2.61. The maximum Gasteiger partial charge on any atom is 0.372 e. The van der Waals surface area contributed by atoms with Crippen molar-refractivity contribution in [2.75, 3.05) is 14.2 Å². The van der Waals surface area contributed by atoms with E-state index in [1.807, 2.05) is 0 Å². The number of esters is 2. The Morgan fingerprint density at radius 1 is 1.36 bits per heavy atom. The van der Waals surface area contributed by atoms with Crippen molar-refractivity contribution in [2.24, 2.45) is 11.8 Å². The lowest BCUT2D eigenvalue weighted by molar-refractivity contribution is -0.145. The predicted octanol–water partition coefficient (Wildman–Crippen LogP) is -0.139. The summed E-state index contributed by atoms with van der Waals surface area (Å²) in [6.45, 7) is 0. The molecule has 1 aliphatic carbocycles. The second-order valence-electron chi connectivity index (χ2n) is 3.23. The summed E-state index contributed by atoms with van der Waals surface area (Å²) >= 11 is 0. The van der Waals surface area contributed by atoms with Crippen LogP contribution >= 0.6 is 0 Å². The molecule has 1 fully saturated rings. The number of fused-ring (bicyclic) bond motifs is 1. The minimum absolute atomic E-state index is 0.0171. The zero-order valence-electron chi connectivity index (χ0n) is 7.85. The first-order valence-electron chi connectivity index (χ1n) is 4.23. The van der Waals surface area contributed by atoms with Crippen molar-refractivity contribution in [2.45, 2.75) is 6.10 Å². The third-order valence-corrected chi connectivity index (χ3v) is 2.47. The summed E-state index contributed by atoms with van der Waals surface area (Å²) in [6, 6.07) is 0. The summed E-state index contributed by atoms with van der Waals surface area (Å²) in [6.07, 6.45) is 1.40. The van der Waals surface area contributed by atoms with E-state index in [1.54, 1.807) is 6.08 Å². The summed E-state index contributed by atoms with van der Waals surface area (Å²) < 4.78 is 14.3. The molecule has 0 amide bonds. The zero-order valence-corrected chi connectivity index (χ0v) is 7.85. The molecule has 2 aliphatic rings. The van der Waals surface area contributed by atoms with Crippen molar-refractivity contribution in [1.29, 1.82) is 0 Å². The lowest BCUT2D eigenvalue weighted by Gasteiger charge is -2.05. The lowest BCUT2D eigenvalue weighted by atomic mass is 10.3. The van der Waals surface area contributed by atoms with E-state index < -0.39 is 5.97 Å². The van der Waals surface area contributed by atoms with Gasteiger partial charge in [0.1, 0.15) is 12.0 Å². The molecule has 0 aromatic carbocycles. The number of methoxy groups -OCH3 is 2. The molecule has 0 saturated heterocycles. The van der Waals surface area contributed by atoms with Crippen molar-refractivity contribution in [3.05, 3.63) is 11.8 Å². The van der Waals surface area contributed by atoms with Gasteiger partial charge in [0, 0.05) is 5.92 Å². The van der Waals surface area contributed by atoms with Crippen molar-refractivity contribution in [1.82, 2.24) is 0 Å². The topological polar surface area (TPSA) is 61.8 Å². The van der Waals surface area contributed by atoms with Crippen LogP contribution in [-0.4, -0.2) is 32.3 Å². The van der Waals surface area contributed by atoms with Crippen LogP contribution in [0.15, 0.2) is 11.8 Å². The fourth-order valence-electron chi connectivity index (χ4n) is 1.66. The van der Waals surface area contributed by atoms with Crippen LogP contribution in [0.1, 0.15) is 0 Å².